The van der Waals surface area contributed by atoms with E-state index in [1.807, 2.05) is 0 Å². The minimum Gasteiger partial charge on any atom is -0.381 e. The highest BCUT2D eigenvalue weighted by atomic mass is 19.1. The molecule has 0 radical (unpaired) electrons. The summed E-state index contributed by atoms with van der Waals surface area (Å²) in [6, 6.07) is 9.96. The third-order valence-electron chi connectivity index (χ3n) is 3.85. The van der Waals surface area contributed by atoms with Crippen molar-refractivity contribution in [3.8, 4) is 0 Å². The van der Waals surface area contributed by atoms with Gasteiger partial charge in [0.25, 0.3) is 0 Å². The van der Waals surface area contributed by atoms with Crippen molar-refractivity contribution in [2.24, 2.45) is 0 Å². The van der Waals surface area contributed by atoms with Crippen molar-refractivity contribution in [2.45, 2.75) is 25.8 Å². The number of hydrogen-bond acceptors (Lipinski definition) is 3. The fraction of sp³-hybridized carbons (Fsp3) is 0.353. The number of halogens is 1. The summed E-state index contributed by atoms with van der Waals surface area (Å²) in [4.78, 5) is 6.28. The molecular weight excluding hydrogens is 265 g/mol. The summed E-state index contributed by atoms with van der Waals surface area (Å²) in [6.07, 6.45) is 6.81. The normalized spacial score (nSPS) is 15.0. The van der Waals surface area contributed by atoms with Gasteiger partial charge in [0.05, 0.1) is 6.20 Å². The Hall–Kier alpha value is -2.10. The van der Waals surface area contributed by atoms with Crippen LogP contribution in [0.4, 0.5) is 15.8 Å². The molecule has 0 saturated carbocycles. The summed E-state index contributed by atoms with van der Waals surface area (Å²) in [6.45, 7) is 2.89. The zero-order valence-corrected chi connectivity index (χ0v) is 12.1. The number of nitrogens with zero attached hydrogens (tertiary/aromatic N) is 2. The van der Waals surface area contributed by atoms with E-state index in [0.29, 0.717) is 6.54 Å². The van der Waals surface area contributed by atoms with Crippen LogP contribution in [-0.2, 0) is 6.54 Å². The van der Waals surface area contributed by atoms with Crippen molar-refractivity contribution >= 4 is 11.4 Å². The smallest absolute Gasteiger partial charge is 0.141 e. The van der Waals surface area contributed by atoms with Crippen molar-refractivity contribution in [1.82, 2.24) is 4.98 Å². The molecule has 4 heteroatoms. The Morgan fingerprint density at radius 1 is 1.05 bits per heavy atom. The van der Waals surface area contributed by atoms with E-state index in [4.69, 9.17) is 0 Å². The van der Waals surface area contributed by atoms with Gasteiger partial charge in [0.2, 0.25) is 0 Å². The van der Waals surface area contributed by atoms with Gasteiger partial charge in [0, 0.05) is 37.2 Å². The fourth-order valence-corrected chi connectivity index (χ4v) is 2.70. The van der Waals surface area contributed by atoms with Gasteiger partial charge in [-0.2, -0.15) is 0 Å². The molecule has 1 aliphatic rings. The molecule has 110 valence electrons. The summed E-state index contributed by atoms with van der Waals surface area (Å²) in [5.74, 6) is -0.297. The molecular formula is C17H20FN3. The summed E-state index contributed by atoms with van der Waals surface area (Å²) in [5.41, 5.74) is 3.17. The lowest BCUT2D eigenvalue weighted by Crippen LogP contribution is -2.29. The van der Waals surface area contributed by atoms with E-state index in [-0.39, 0.29) is 5.82 Å². The minimum absolute atomic E-state index is 0.297. The van der Waals surface area contributed by atoms with Crippen LogP contribution >= 0.6 is 0 Å². The number of rotatable bonds is 4. The molecule has 1 saturated heterocycles. The van der Waals surface area contributed by atoms with E-state index in [0.717, 1.165) is 24.3 Å². The summed E-state index contributed by atoms with van der Waals surface area (Å²) in [5, 5.41) is 3.29. The molecule has 1 fully saturated rings. The van der Waals surface area contributed by atoms with Gasteiger partial charge in [-0.25, -0.2) is 4.39 Å². The van der Waals surface area contributed by atoms with Crippen LogP contribution in [0.25, 0.3) is 0 Å². The minimum atomic E-state index is -0.297. The second kappa shape index (κ2) is 6.57. The van der Waals surface area contributed by atoms with Crippen LogP contribution in [-0.4, -0.2) is 18.1 Å². The molecule has 2 heterocycles. The molecule has 0 spiro atoms. The number of aromatic nitrogens is 1. The van der Waals surface area contributed by atoms with Crippen LogP contribution in [0.3, 0.4) is 0 Å². The maximum atomic E-state index is 13.1. The van der Waals surface area contributed by atoms with Crippen LogP contribution < -0.4 is 10.2 Å². The lowest BCUT2D eigenvalue weighted by molar-refractivity contribution is 0.578. The molecule has 1 aromatic carbocycles. The zero-order valence-electron chi connectivity index (χ0n) is 12.1. The second-order valence-electron chi connectivity index (χ2n) is 5.46. The van der Waals surface area contributed by atoms with Gasteiger partial charge in [0.15, 0.2) is 0 Å². The van der Waals surface area contributed by atoms with E-state index in [1.54, 1.807) is 6.20 Å². The first-order chi connectivity index (χ1) is 10.3. The predicted octanol–water partition coefficient (Wildman–Crippen LogP) is 3.82. The highest BCUT2D eigenvalue weighted by molar-refractivity contribution is 5.55. The molecule has 3 nitrogen and oxygen atoms in total. The molecule has 1 aromatic heterocycles. The van der Waals surface area contributed by atoms with Crippen LogP contribution in [0, 0.1) is 5.82 Å². The monoisotopic (exact) mass is 285 g/mol. The highest BCUT2D eigenvalue weighted by Crippen LogP contribution is 2.22. The van der Waals surface area contributed by atoms with Crippen molar-refractivity contribution in [1.29, 1.82) is 0 Å². The van der Waals surface area contributed by atoms with Crippen LogP contribution in [0.15, 0.2) is 42.7 Å². The first kappa shape index (κ1) is 13.9. The molecule has 0 aliphatic carbocycles. The SMILES string of the molecule is Fc1cncc(CNc2ccc(N3CCCCC3)cc2)c1. The van der Waals surface area contributed by atoms with E-state index in [1.165, 1.54) is 37.2 Å². The molecule has 1 N–H and O–H groups in total. The van der Waals surface area contributed by atoms with Gasteiger partial charge in [-0.05, 0) is 55.2 Å². The third kappa shape index (κ3) is 3.72. The first-order valence-corrected chi connectivity index (χ1v) is 7.49. The molecule has 0 unspecified atom stereocenters. The molecule has 3 rings (SSSR count). The predicted molar refractivity (Wildman–Crippen MR) is 84.0 cm³/mol. The van der Waals surface area contributed by atoms with Crippen LogP contribution in [0.1, 0.15) is 24.8 Å². The van der Waals surface area contributed by atoms with Crippen LogP contribution in [0.5, 0.6) is 0 Å². The summed E-state index contributed by atoms with van der Waals surface area (Å²) < 4.78 is 13.1. The Kier molecular flexibility index (Phi) is 4.34. The largest absolute Gasteiger partial charge is 0.381 e. The lowest BCUT2D eigenvalue weighted by atomic mass is 10.1. The Labute approximate surface area is 124 Å². The number of piperidine rings is 1. The average molecular weight is 285 g/mol. The quantitative estimate of drug-likeness (QED) is 0.925. The molecule has 0 atom stereocenters. The van der Waals surface area contributed by atoms with Gasteiger partial charge in [-0.1, -0.05) is 0 Å². The average Bonchev–Trinajstić information content (AvgIpc) is 2.54. The van der Waals surface area contributed by atoms with Gasteiger partial charge in [0.1, 0.15) is 5.82 Å². The maximum Gasteiger partial charge on any atom is 0.141 e. The number of benzene rings is 1. The molecule has 0 amide bonds. The lowest BCUT2D eigenvalue weighted by Gasteiger charge is -2.28. The summed E-state index contributed by atoms with van der Waals surface area (Å²) in [7, 11) is 0. The topological polar surface area (TPSA) is 28.2 Å². The molecule has 21 heavy (non-hydrogen) atoms. The van der Waals surface area contributed by atoms with Gasteiger partial charge in [-0.3, -0.25) is 4.98 Å². The van der Waals surface area contributed by atoms with Gasteiger partial charge in [-0.15, -0.1) is 0 Å². The number of anilines is 2. The van der Waals surface area contributed by atoms with E-state index in [2.05, 4.69) is 39.5 Å². The molecule has 1 aliphatic heterocycles. The Morgan fingerprint density at radius 3 is 2.52 bits per heavy atom. The second-order valence-corrected chi connectivity index (χ2v) is 5.46. The highest BCUT2D eigenvalue weighted by Gasteiger charge is 2.10. The Bertz CT molecular complexity index is 577. The van der Waals surface area contributed by atoms with Crippen molar-refractivity contribution in [2.75, 3.05) is 23.3 Å². The number of nitrogens with one attached hydrogen (secondary N) is 1. The Morgan fingerprint density at radius 2 is 1.81 bits per heavy atom. The van der Waals surface area contributed by atoms with E-state index < -0.39 is 0 Å². The van der Waals surface area contributed by atoms with Gasteiger partial charge < -0.3 is 10.2 Å². The van der Waals surface area contributed by atoms with Crippen LogP contribution in [0.2, 0.25) is 0 Å². The Balaban J connectivity index is 1.59. The van der Waals surface area contributed by atoms with E-state index in [9.17, 15) is 4.39 Å². The molecule has 2 aromatic rings. The summed E-state index contributed by atoms with van der Waals surface area (Å²) >= 11 is 0. The first-order valence-electron chi connectivity index (χ1n) is 7.49. The number of hydrogen-bond donors (Lipinski definition) is 1. The van der Waals surface area contributed by atoms with Crippen molar-refractivity contribution in [3.63, 3.8) is 0 Å². The standard InChI is InChI=1S/C17H20FN3/c18-15-10-14(11-19-13-15)12-20-16-4-6-17(7-5-16)21-8-2-1-3-9-21/h4-7,10-11,13,20H,1-3,8-9,12H2. The third-order valence-corrected chi connectivity index (χ3v) is 3.85. The van der Waals surface area contributed by atoms with Crippen molar-refractivity contribution < 1.29 is 4.39 Å². The maximum absolute atomic E-state index is 13.1. The number of pyridine rings is 1. The molecule has 0 bridgehead atoms. The van der Waals surface area contributed by atoms with E-state index >= 15 is 0 Å². The van der Waals surface area contributed by atoms with Crippen molar-refractivity contribution in [3.05, 3.63) is 54.1 Å². The fourth-order valence-electron chi connectivity index (χ4n) is 2.70. The van der Waals surface area contributed by atoms with Gasteiger partial charge >= 0.3 is 0 Å². The zero-order chi connectivity index (χ0) is 14.5.